The van der Waals surface area contributed by atoms with Crippen LogP contribution in [-0.2, 0) is 0 Å². The van der Waals surface area contributed by atoms with Gasteiger partial charge in [0, 0.05) is 0 Å². The maximum Gasteiger partial charge on any atom is -0.00209 e. The van der Waals surface area contributed by atoms with Crippen LogP contribution in [0.2, 0.25) is 0 Å². The van der Waals surface area contributed by atoms with Gasteiger partial charge in [-0.05, 0) is 31.8 Å². The van der Waals surface area contributed by atoms with Gasteiger partial charge in [-0.3, -0.25) is 0 Å². The van der Waals surface area contributed by atoms with Crippen LogP contribution in [0.3, 0.4) is 0 Å². The molecule has 2 atom stereocenters. The third-order valence-corrected chi connectivity index (χ3v) is 4.21. The molecule has 2 unspecified atom stereocenters. The first-order valence-corrected chi connectivity index (χ1v) is 7.53. The lowest BCUT2D eigenvalue weighted by atomic mass is 9.90. The van der Waals surface area contributed by atoms with Crippen molar-refractivity contribution in [2.24, 2.45) is 11.8 Å². The zero-order valence-corrected chi connectivity index (χ0v) is 11.4. The Morgan fingerprint density at radius 2 is 1.62 bits per heavy atom. The van der Waals surface area contributed by atoms with Crippen molar-refractivity contribution in [3.63, 3.8) is 0 Å². The molecule has 1 aliphatic rings. The van der Waals surface area contributed by atoms with E-state index in [1.807, 2.05) is 0 Å². The minimum Gasteiger partial charge on any atom is -0.319 e. The van der Waals surface area contributed by atoms with Gasteiger partial charge in [0.1, 0.15) is 0 Å². The van der Waals surface area contributed by atoms with Crippen LogP contribution in [0.15, 0.2) is 0 Å². The Labute approximate surface area is 102 Å². The van der Waals surface area contributed by atoms with Crippen LogP contribution in [0.25, 0.3) is 0 Å². The summed E-state index contributed by atoms with van der Waals surface area (Å²) < 4.78 is 0. The third-order valence-electron chi connectivity index (χ3n) is 4.21. The Kier molecular flexibility index (Phi) is 7.92. The first-order chi connectivity index (χ1) is 7.88. The average Bonchev–Trinajstić information content (AvgIpc) is 2.72. The van der Waals surface area contributed by atoms with E-state index >= 15 is 0 Å². The minimum absolute atomic E-state index is 0.987. The first kappa shape index (κ1) is 14.0. The van der Waals surface area contributed by atoms with Crippen LogP contribution in [0.1, 0.15) is 71.1 Å². The van der Waals surface area contributed by atoms with Crippen molar-refractivity contribution in [3.05, 3.63) is 0 Å². The molecule has 0 saturated heterocycles. The van der Waals surface area contributed by atoms with Crippen molar-refractivity contribution >= 4 is 0 Å². The van der Waals surface area contributed by atoms with Gasteiger partial charge in [0.25, 0.3) is 0 Å². The van der Waals surface area contributed by atoms with Crippen LogP contribution >= 0.6 is 0 Å². The summed E-state index contributed by atoms with van der Waals surface area (Å²) >= 11 is 0. The molecular formula is C15H31N. The summed E-state index contributed by atoms with van der Waals surface area (Å²) in [6.07, 6.45) is 14.6. The fourth-order valence-electron chi connectivity index (χ4n) is 3.21. The summed E-state index contributed by atoms with van der Waals surface area (Å²) in [4.78, 5) is 0. The van der Waals surface area contributed by atoms with E-state index in [2.05, 4.69) is 19.3 Å². The highest BCUT2D eigenvalue weighted by molar-refractivity contribution is 4.78. The second-order valence-electron chi connectivity index (χ2n) is 5.57. The largest absolute Gasteiger partial charge is 0.319 e. The molecule has 1 saturated carbocycles. The van der Waals surface area contributed by atoms with Crippen LogP contribution in [0, 0.1) is 11.8 Å². The van der Waals surface area contributed by atoms with Gasteiger partial charge >= 0.3 is 0 Å². The molecule has 0 amide bonds. The van der Waals surface area contributed by atoms with Gasteiger partial charge in [-0.15, -0.1) is 0 Å². The standard InChI is InChI=1S/C15H31N/c1-3-4-5-6-7-8-10-14-11-9-12-15(14)13-16-2/h14-16H,3-13H2,1-2H3. The molecule has 0 bridgehead atoms. The van der Waals surface area contributed by atoms with Crippen molar-refractivity contribution in [3.8, 4) is 0 Å². The van der Waals surface area contributed by atoms with Crippen LogP contribution in [0.5, 0.6) is 0 Å². The van der Waals surface area contributed by atoms with Gasteiger partial charge in [-0.25, -0.2) is 0 Å². The summed E-state index contributed by atoms with van der Waals surface area (Å²) in [5.74, 6) is 2.03. The monoisotopic (exact) mass is 225 g/mol. The maximum absolute atomic E-state index is 3.36. The third kappa shape index (κ3) is 5.34. The van der Waals surface area contributed by atoms with E-state index in [-0.39, 0.29) is 0 Å². The molecule has 96 valence electrons. The molecule has 1 aliphatic carbocycles. The number of nitrogens with one attached hydrogen (secondary N) is 1. The van der Waals surface area contributed by atoms with Gasteiger partial charge in [-0.2, -0.15) is 0 Å². The predicted molar refractivity (Wildman–Crippen MR) is 72.8 cm³/mol. The second-order valence-corrected chi connectivity index (χ2v) is 5.57. The van der Waals surface area contributed by atoms with E-state index in [1.54, 1.807) is 0 Å². The van der Waals surface area contributed by atoms with Crippen molar-refractivity contribution < 1.29 is 0 Å². The average molecular weight is 225 g/mol. The fourth-order valence-corrected chi connectivity index (χ4v) is 3.21. The summed E-state index contributed by atoms with van der Waals surface area (Å²) in [7, 11) is 2.10. The first-order valence-electron chi connectivity index (χ1n) is 7.53. The SMILES string of the molecule is CCCCCCCCC1CCCC1CNC. The van der Waals surface area contributed by atoms with Crippen LogP contribution in [-0.4, -0.2) is 13.6 Å². The van der Waals surface area contributed by atoms with Crippen LogP contribution < -0.4 is 5.32 Å². The van der Waals surface area contributed by atoms with Crippen molar-refractivity contribution in [2.75, 3.05) is 13.6 Å². The van der Waals surface area contributed by atoms with Gasteiger partial charge < -0.3 is 5.32 Å². The molecule has 0 aromatic rings. The predicted octanol–water partition coefficient (Wildman–Crippen LogP) is 4.37. The van der Waals surface area contributed by atoms with E-state index in [1.165, 1.54) is 70.8 Å². The second kappa shape index (κ2) is 9.04. The van der Waals surface area contributed by atoms with Crippen molar-refractivity contribution in [2.45, 2.75) is 71.1 Å². The van der Waals surface area contributed by atoms with Crippen molar-refractivity contribution in [1.29, 1.82) is 0 Å². The van der Waals surface area contributed by atoms with E-state index in [0.717, 1.165) is 11.8 Å². The zero-order valence-electron chi connectivity index (χ0n) is 11.4. The number of unbranched alkanes of at least 4 members (excludes halogenated alkanes) is 5. The maximum atomic E-state index is 3.36. The number of rotatable bonds is 9. The Morgan fingerprint density at radius 1 is 0.938 bits per heavy atom. The molecule has 16 heavy (non-hydrogen) atoms. The molecular weight excluding hydrogens is 194 g/mol. The summed E-state index contributed by atoms with van der Waals surface area (Å²) in [5, 5.41) is 3.36. The van der Waals surface area contributed by atoms with E-state index < -0.39 is 0 Å². The topological polar surface area (TPSA) is 12.0 Å². The highest BCUT2D eigenvalue weighted by atomic mass is 14.8. The smallest absolute Gasteiger partial charge is 0.00209 e. The number of hydrogen-bond acceptors (Lipinski definition) is 1. The van der Waals surface area contributed by atoms with Crippen LogP contribution in [0.4, 0.5) is 0 Å². The quantitative estimate of drug-likeness (QED) is 0.574. The lowest BCUT2D eigenvalue weighted by molar-refractivity contribution is 0.342. The zero-order chi connectivity index (χ0) is 11.6. The molecule has 0 radical (unpaired) electrons. The van der Waals surface area contributed by atoms with Gasteiger partial charge in [0.2, 0.25) is 0 Å². The Hall–Kier alpha value is -0.0400. The van der Waals surface area contributed by atoms with Gasteiger partial charge in [-0.1, -0.05) is 64.7 Å². The van der Waals surface area contributed by atoms with Gasteiger partial charge in [0.05, 0.1) is 0 Å². The Morgan fingerprint density at radius 3 is 2.38 bits per heavy atom. The minimum atomic E-state index is 0.987. The molecule has 0 aliphatic heterocycles. The van der Waals surface area contributed by atoms with E-state index in [0.29, 0.717) is 0 Å². The lowest BCUT2D eigenvalue weighted by Gasteiger charge is -2.18. The lowest BCUT2D eigenvalue weighted by Crippen LogP contribution is -2.21. The Bertz CT molecular complexity index is 156. The molecule has 0 aromatic heterocycles. The molecule has 0 aromatic carbocycles. The molecule has 1 fully saturated rings. The molecule has 0 heterocycles. The summed E-state index contributed by atoms with van der Waals surface area (Å²) in [5.41, 5.74) is 0. The highest BCUT2D eigenvalue weighted by Crippen LogP contribution is 2.34. The fraction of sp³-hybridized carbons (Fsp3) is 1.00. The molecule has 1 rings (SSSR count). The number of hydrogen-bond donors (Lipinski definition) is 1. The molecule has 1 N–H and O–H groups in total. The van der Waals surface area contributed by atoms with Gasteiger partial charge in [0.15, 0.2) is 0 Å². The highest BCUT2D eigenvalue weighted by Gasteiger charge is 2.25. The molecule has 1 heteroatoms. The molecule has 0 spiro atoms. The normalized spacial score (nSPS) is 25.1. The summed E-state index contributed by atoms with van der Waals surface area (Å²) in [6, 6.07) is 0. The Balaban J connectivity index is 1.99. The van der Waals surface area contributed by atoms with E-state index in [9.17, 15) is 0 Å². The molecule has 1 nitrogen and oxygen atoms in total. The van der Waals surface area contributed by atoms with Crippen molar-refractivity contribution in [1.82, 2.24) is 5.32 Å². The van der Waals surface area contributed by atoms with E-state index in [4.69, 9.17) is 0 Å². The summed E-state index contributed by atoms with van der Waals surface area (Å²) in [6.45, 7) is 3.54.